The highest BCUT2D eigenvalue weighted by molar-refractivity contribution is 6.12. The summed E-state index contributed by atoms with van der Waals surface area (Å²) >= 11 is 0. The number of ether oxygens (including phenoxy) is 1. The van der Waals surface area contributed by atoms with E-state index in [1.54, 1.807) is 12.1 Å². The van der Waals surface area contributed by atoms with Crippen LogP contribution in [0.15, 0.2) is 249 Å². The van der Waals surface area contributed by atoms with E-state index in [9.17, 15) is 20.6 Å². The van der Waals surface area contributed by atoms with Crippen LogP contribution in [0.1, 0.15) is 38.2 Å². The van der Waals surface area contributed by atoms with Crippen molar-refractivity contribution in [2.24, 2.45) is 0 Å². The van der Waals surface area contributed by atoms with Crippen LogP contribution in [0.25, 0.3) is 123 Å². The summed E-state index contributed by atoms with van der Waals surface area (Å²) in [4.78, 5) is 30.3. The van der Waals surface area contributed by atoms with Gasteiger partial charge in [-0.15, -0.1) is 0 Å². The van der Waals surface area contributed by atoms with Gasteiger partial charge in [0, 0.05) is 38.2 Å². The molecule has 0 saturated heterocycles. The Morgan fingerprint density at radius 1 is 0.388 bits per heavy atom. The molecule has 0 N–H and O–H groups in total. The molecule has 85 heavy (non-hydrogen) atoms. The molecule has 3 heterocycles. The van der Waals surface area contributed by atoms with Gasteiger partial charge in [0.05, 0.1) is 73.9 Å². The molecule has 0 atom stereocenters. The summed E-state index contributed by atoms with van der Waals surface area (Å²) in [5, 5.41) is 33.9. The Bertz CT molecular complexity index is 5150. The third-order valence-electron chi connectivity index (χ3n) is 15.7. The molecule has 0 unspecified atom stereocenters. The number of aryl methyl sites for hydroxylation is 1. The quantitative estimate of drug-likeness (QED) is 0.116. The van der Waals surface area contributed by atoms with Crippen molar-refractivity contribution in [2.45, 2.75) is 13.5 Å². The van der Waals surface area contributed by atoms with Gasteiger partial charge in [-0.3, -0.25) is 0 Å². The number of aromatic nitrogens is 5. The molecule has 0 amide bonds. The Morgan fingerprint density at radius 3 is 1.36 bits per heavy atom. The minimum atomic E-state index is -0.435. The van der Waals surface area contributed by atoms with E-state index < -0.39 is 5.97 Å². The maximum absolute atomic E-state index is 13.8. The van der Waals surface area contributed by atoms with E-state index in [1.807, 2.05) is 158 Å². The van der Waals surface area contributed by atoms with Crippen LogP contribution in [0.2, 0.25) is 0 Å². The highest BCUT2D eigenvalue weighted by atomic mass is 16.5. The Kier molecular flexibility index (Phi) is 12.9. The lowest BCUT2D eigenvalue weighted by Gasteiger charge is -2.18. The molecule has 0 saturated carbocycles. The number of carbonyl (C=O) groups is 1. The van der Waals surface area contributed by atoms with Crippen molar-refractivity contribution in [1.29, 1.82) is 15.8 Å². The van der Waals surface area contributed by atoms with Crippen LogP contribution in [0.5, 0.6) is 0 Å². The number of carbonyl (C=O) groups excluding carboxylic acids is 1. The molecule has 0 aliphatic rings. The first-order valence-corrected chi connectivity index (χ1v) is 27.7. The van der Waals surface area contributed by atoms with Gasteiger partial charge in [-0.05, 0) is 149 Å². The molecule has 0 fully saturated rings. The first-order valence-electron chi connectivity index (χ1n) is 27.7. The van der Waals surface area contributed by atoms with Gasteiger partial charge >= 0.3 is 5.97 Å². The maximum atomic E-state index is 13.8. The van der Waals surface area contributed by atoms with E-state index in [4.69, 9.17) is 19.7 Å². The zero-order valence-corrected chi connectivity index (χ0v) is 45.8. The lowest BCUT2D eigenvalue weighted by molar-refractivity contribution is 0.0473. The second-order valence-electron chi connectivity index (χ2n) is 20.9. The van der Waals surface area contributed by atoms with Crippen LogP contribution in [0, 0.1) is 40.9 Å². The van der Waals surface area contributed by atoms with Gasteiger partial charge in [0.2, 0.25) is 0 Å². The standard InChI is InChI=1S/C75H46N8O2/c1-47-24-34-68-64(36-47)60-20-5-7-22-66(60)82(68)70-41-57(55-18-10-15-50(38-55)44-77)29-32-62(70)73-79-72(53-27-25-52(26-28-53)54-17-9-14-49(37-54)43-76)80-74(81-73)63-33-30-58(56-19-11-16-51(39-56)45-78)42-71(63)83-67-23-8-6-21-61(67)65-40-59(31-35-69(65)83)75(84)85-46-48-12-3-2-4-13-48/h2-42H,46H2,1H3. The summed E-state index contributed by atoms with van der Waals surface area (Å²) in [6.45, 7) is 2.24. The molecule has 14 rings (SSSR count). The summed E-state index contributed by atoms with van der Waals surface area (Å²) in [5.74, 6) is 0.786. The number of para-hydroxylation sites is 2. The predicted octanol–water partition coefficient (Wildman–Crippen LogP) is 17.3. The van der Waals surface area contributed by atoms with Gasteiger partial charge in [0.15, 0.2) is 17.5 Å². The zero-order valence-electron chi connectivity index (χ0n) is 45.8. The topological polar surface area (TPSA) is 146 Å². The van der Waals surface area contributed by atoms with Crippen molar-refractivity contribution in [1.82, 2.24) is 24.1 Å². The fourth-order valence-electron chi connectivity index (χ4n) is 11.5. The minimum absolute atomic E-state index is 0.138. The van der Waals surface area contributed by atoms with Gasteiger partial charge in [-0.2, -0.15) is 15.8 Å². The Morgan fingerprint density at radius 2 is 0.824 bits per heavy atom. The average Bonchev–Trinajstić information content (AvgIpc) is 3.56. The summed E-state index contributed by atoms with van der Waals surface area (Å²) < 4.78 is 10.3. The molecule has 10 nitrogen and oxygen atoms in total. The van der Waals surface area contributed by atoms with Crippen LogP contribution >= 0.6 is 0 Å². The molecule has 0 aliphatic heterocycles. The SMILES string of the molecule is Cc1ccc2c(c1)c1ccccc1n2-c1cc(-c2cccc(C#N)c2)ccc1-c1nc(-c2ccc(-c3cccc(C#N)c3)cc2)nc(-c2ccc(-c3cccc(C#N)c3)cc2-n2c3ccccc3c3cc(C(=O)OCc4ccccc4)ccc32)n1. The third-order valence-corrected chi connectivity index (χ3v) is 15.7. The van der Waals surface area contributed by atoms with E-state index >= 15 is 0 Å². The second-order valence-corrected chi connectivity index (χ2v) is 20.9. The van der Waals surface area contributed by atoms with Gasteiger partial charge < -0.3 is 13.9 Å². The lowest BCUT2D eigenvalue weighted by atomic mass is 9.99. The van der Waals surface area contributed by atoms with Crippen molar-refractivity contribution in [3.05, 3.63) is 282 Å². The number of hydrogen-bond donors (Lipinski definition) is 0. The van der Waals surface area contributed by atoms with E-state index in [0.29, 0.717) is 45.3 Å². The first-order chi connectivity index (χ1) is 41.8. The Balaban J connectivity index is 1.03. The van der Waals surface area contributed by atoms with Crippen LogP contribution < -0.4 is 0 Å². The highest BCUT2D eigenvalue weighted by Gasteiger charge is 2.25. The molecular weight excluding hydrogens is 1040 g/mol. The fourth-order valence-corrected chi connectivity index (χ4v) is 11.5. The molecule has 14 aromatic rings. The largest absolute Gasteiger partial charge is 0.457 e. The summed E-state index contributed by atoms with van der Waals surface area (Å²) in [7, 11) is 0. The number of benzene rings is 11. The van der Waals surface area contributed by atoms with Crippen molar-refractivity contribution < 1.29 is 9.53 Å². The molecule has 398 valence electrons. The molecular formula is C75H46N8O2. The average molecular weight is 1090 g/mol. The van der Waals surface area contributed by atoms with E-state index in [0.717, 1.165) is 111 Å². The summed E-state index contributed by atoms with van der Waals surface area (Å²) in [5.41, 5.74) is 16.8. The molecule has 10 heteroatoms. The zero-order chi connectivity index (χ0) is 57.5. The normalized spacial score (nSPS) is 11.2. The number of esters is 1. The molecule has 11 aromatic carbocycles. The molecule has 0 bridgehead atoms. The van der Waals surface area contributed by atoms with Crippen LogP contribution in [-0.2, 0) is 11.3 Å². The van der Waals surface area contributed by atoms with Crippen molar-refractivity contribution in [3.8, 4) is 97.1 Å². The molecule has 0 spiro atoms. The Labute approximate surface area is 489 Å². The fraction of sp³-hybridized carbons (Fsp3) is 0.0267. The third kappa shape index (κ3) is 9.46. The highest BCUT2D eigenvalue weighted by Crippen LogP contribution is 2.42. The smallest absolute Gasteiger partial charge is 0.338 e. The molecule has 0 aliphatic carbocycles. The number of nitrogens with zero attached hydrogens (tertiary/aromatic N) is 8. The second kappa shape index (κ2) is 21.5. The number of hydrogen-bond acceptors (Lipinski definition) is 8. The van der Waals surface area contributed by atoms with Gasteiger partial charge in [0.1, 0.15) is 6.61 Å². The van der Waals surface area contributed by atoms with Gasteiger partial charge in [-0.1, -0.05) is 151 Å². The summed E-state index contributed by atoms with van der Waals surface area (Å²) in [6.07, 6.45) is 0. The van der Waals surface area contributed by atoms with Gasteiger partial charge in [-0.25, -0.2) is 19.7 Å². The number of rotatable bonds is 11. The van der Waals surface area contributed by atoms with Crippen molar-refractivity contribution >= 4 is 49.6 Å². The van der Waals surface area contributed by atoms with E-state index in [-0.39, 0.29) is 6.61 Å². The van der Waals surface area contributed by atoms with Gasteiger partial charge in [0.25, 0.3) is 0 Å². The lowest BCUT2D eigenvalue weighted by Crippen LogP contribution is -2.06. The monoisotopic (exact) mass is 1090 g/mol. The minimum Gasteiger partial charge on any atom is -0.457 e. The molecule has 3 aromatic heterocycles. The Hall–Kier alpha value is -12.0. The van der Waals surface area contributed by atoms with E-state index in [2.05, 4.69) is 113 Å². The van der Waals surface area contributed by atoms with Crippen LogP contribution in [-0.4, -0.2) is 30.1 Å². The van der Waals surface area contributed by atoms with Crippen LogP contribution in [0.4, 0.5) is 0 Å². The number of fused-ring (bicyclic) bond motifs is 6. The van der Waals surface area contributed by atoms with Crippen molar-refractivity contribution in [3.63, 3.8) is 0 Å². The molecule has 0 radical (unpaired) electrons. The predicted molar refractivity (Wildman–Crippen MR) is 336 cm³/mol. The van der Waals surface area contributed by atoms with Crippen LogP contribution in [0.3, 0.4) is 0 Å². The van der Waals surface area contributed by atoms with Crippen molar-refractivity contribution in [2.75, 3.05) is 0 Å². The van der Waals surface area contributed by atoms with E-state index in [1.165, 1.54) is 0 Å². The summed E-state index contributed by atoms with van der Waals surface area (Å²) in [6, 6.07) is 88.5. The maximum Gasteiger partial charge on any atom is 0.338 e. The number of nitriles is 3. The first kappa shape index (κ1) is 51.1.